The van der Waals surface area contributed by atoms with Crippen molar-refractivity contribution < 1.29 is 4.42 Å². The van der Waals surface area contributed by atoms with E-state index in [0.717, 1.165) is 30.6 Å². The molecule has 3 nitrogen and oxygen atoms in total. The van der Waals surface area contributed by atoms with E-state index in [0.29, 0.717) is 0 Å². The van der Waals surface area contributed by atoms with Crippen LogP contribution in [0.4, 0.5) is 0 Å². The monoisotopic (exact) mass is 222 g/mol. The number of furan rings is 1. The number of nitrogens with two attached hydrogens (primary N) is 1. The molecule has 3 heteroatoms. The zero-order valence-electron chi connectivity index (χ0n) is 10.0. The van der Waals surface area contributed by atoms with Crippen LogP contribution < -0.4 is 11.3 Å². The molecule has 1 rings (SSSR count). The Balaban J connectivity index is 2.33. The van der Waals surface area contributed by atoms with Gasteiger partial charge >= 0.3 is 0 Å². The van der Waals surface area contributed by atoms with E-state index in [-0.39, 0.29) is 6.04 Å². The van der Waals surface area contributed by atoms with Crippen molar-refractivity contribution in [3.05, 3.63) is 36.3 Å². The number of allylic oxidation sites excluding steroid dienone is 1. The zero-order valence-corrected chi connectivity index (χ0v) is 10.0. The molecule has 0 aliphatic rings. The Morgan fingerprint density at radius 3 is 2.88 bits per heavy atom. The fourth-order valence-electron chi connectivity index (χ4n) is 1.85. The fourth-order valence-corrected chi connectivity index (χ4v) is 1.85. The van der Waals surface area contributed by atoms with Gasteiger partial charge in [0.1, 0.15) is 5.76 Å². The number of rotatable bonds is 8. The van der Waals surface area contributed by atoms with Gasteiger partial charge in [-0.05, 0) is 37.8 Å². The Labute approximate surface area is 97.7 Å². The Morgan fingerprint density at radius 2 is 2.31 bits per heavy atom. The molecule has 0 bridgehead atoms. The van der Waals surface area contributed by atoms with Crippen LogP contribution in [-0.2, 0) is 0 Å². The zero-order chi connectivity index (χ0) is 11.8. The lowest BCUT2D eigenvalue weighted by molar-refractivity contribution is 0.387. The molecule has 0 radical (unpaired) electrons. The molecule has 0 aliphatic carbocycles. The molecule has 1 aromatic rings. The normalized spacial score (nSPS) is 12.6. The molecule has 0 saturated heterocycles. The lowest BCUT2D eigenvalue weighted by Crippen LogP contribution is -2.28. The molecule has 0 amide bonds. The molecule has 0 aliphatic heterocycles. The second kappa shape index (κ2) is 7.25. The van der Waals surface area contributed by atoms with Gasteiger partial charge in [0.15, 0.2) is 0 Å². The summed E-state index contributed by atoms with van der Waals surface area (Å²) in [6.45, 7) is 5.76. The maximum atomic E-state index is 5.55. The van der Waals surface area contributed by atoms with E-state index in [1.807, 2.05) is 19.1 Å². The van der Waals surface area contributed by atoms with E-state index in [1.54, 1.807) is 6.26 Å². The third-order valence-electron chi connectivity index (χ3n) is 2.82. The molecule has 90 valence electrons. The summed E-state index contributed by atoms with van der Waals surface area (Å²) in [7, 11) is 0. The van der Waals surface area contributed by atoms with E-state index < -0.39 is 0 Å². The third-order valence-corrected chi connectivity index (χ3v) is 2.82. The Bertz CT molecular complexity index is 307. The number of unbranched alkanes of at least 4 members (excludes halogenated alkanes) is 3. The summed E-state index contributed by atoms with van der Waals surface area (Å²) in [5.74, 6) is 6.51. The number of hydrogen-bond acceptors (Lipinski definition) is 3. The molecular formula is C13H22N2O. The molecule has 1 aromatic heterocycles. The highest BCUT2D eigenvalue weighted by molar-refractivity contribution is 5.17. The molecule has 0 fully saturated rings. The molecule has 1 unspecified atom stereocenters. The van der Waals surface area contributed by atoms with Crippen molar-refractivity contribution in [1.82, 2.24) is 5.43 Å². The molecule has 0 saturated carbocycles. The summed E-state index contributed by atoms with van der Waals surface area (Å²) in [6, 6.07) is 2.11. The van der Waals surface area contributed by atoms with Crippen LogP contribution in [0.15, 0.2) is 29.4 Å². The highest BCUT2D eigenvalue weighted by atomic mass is 16.3. The summed E-state index contributed by atoms with van der Waals surface area (Å²) in [6.07, 6.45) is 9.37. The van der Waals surface area contributed by atoms with Gasteiger partial charge in [-0.1, -0.05) is 18.9 Å². The SMILES string of the molecule is C=CCCCCCC(NN)c1occc1C. The number of aryl methyl sites for hydroxylation is 1. The van der Waals surface area contributed by atoms with Crippen molar-refractivity contribution in [2.24, 2.45) is 5.84 Å². The number of hydrazine groups is 1. The molecule has 0 spiro atoms. The molecule has 3 N–H and O–H groups in total. The van der Waals surface area contributed by atoms with Gasteiger partial charge in [-0.25, -0.2) is 5.43 Å². The van der Waals surface area contributed by atoms with Crippen molar-refractivity contribution >= 4 is 0 Å². The number of nitrogens with one attached hydrogen (secondary N) is 1. The predicted octanol–water partition coefficient (Wildman–Crippen LogP) is 3.23. The second-order valence-corrected chi connectivity index (χ2v) is 4.11. The Hall–Kier alpha value is -1.06. The van der Waals surface area contributed by atoms with Crippen LogP contribution in [0.3, 0.4) is 0 Å². The molecule has 16 heavy (non-hydrogen) atoms. The first-order valence-electron chi connectivity index (χ1n) is 5.90. The minimum Gasteiger partial charge on any atom is -0.467 e. The van der Waals surface area contributed by atoms with Crippen molar-refractivity contribution in [3.63, 3.8) is 0 Å². The largest absolute Gasteiger partial charge is 0.467 e. The van der Waals surface area contributed by atoms with E-state index in [2.05, 4.69) is 12.0 Å². The van der Waals surface area contributed by atoms with E-state index in [4.69, 9.17) is 10.3 Å². The summed E-state index contributed by atoms with van der Waals surface area (Å²) in [5.41, 5.74) is 3.98. The minimum absolute atomic E-state index is 0.138. The van der Waals surface area contributed by atoms with Gasteiger partial charge in [0.25, 0.3) is 0 Å². The van der Waals surface area contributed by atoms with Gasteiger partial charge in [0.05, 0.1) is 12.3 Å². The van der Waals surface area contributed by atoms with Gasteiger partial charge in [-0.15, -0.1) is 6.58 Å². The average Bonchev–Trinajstić information content (AvgIpc) is 2.70. The van der Waals surface area contributed by atoms with Gasteiger partial charge in [0, 0.05) is 0 Å². The summed E-state index contributed by atoms with van der Waals surface area (Å²) in [4.78, 5) is 0. The molecular weight excluding hydrogens is 200 g/mol. The van der Waals surface area contributed by atoms with Crippen molar-refractivity contribution in [2.75, 3.05) is 0 Å². The minimum atomic E-state index is 0.138. The Morgan fingerprint density at radius 1 is 1.50 bits per heavy atom. The van der Waals surface area contributed by atoms with Crippen LogP contribution in [0, 0.1) is 6.92 Å². The summed E-state index contributed by atoms with van der Waals surface area (Å²) >= 11 is 0. The molecule has 1 atom stereocenters. The summed E-state index contributed by atoms with van der Waals surface area (Å²) in [5, 5.41) is 0. The first-order chi connectivity index (χ1) is 7.79. The second-order valence-electron chi connectivity index (χ2n) is 4.11. The first kappa shape index (κ1) is 13.0. The van der Waals surface area contributed by atoms with E-state index in [9.17, 15) is 0 Å². The average molecular weight is 222 g/mol. The maximum Gasteiger partial charge on any atom is 0.124 e. The van der Waals surface area contributed by atoms with Crippen molar-refractivity contribution in [1.29, 1.82) is 0 Å². The lowest BCUT2D eigenvalue weighted by atomic mass is 10.0. The Kier molecular flexibility index (Phi) is 5.90. The first-order valence-corrected chi connectivity index (χ1v) is 5.90. The van der Waals surface area contributed by atoms with Gasteiger partial charge in [-0.3, -0.25) is 5.84 Å². The topological polar surface area (TPSA) is 51.2 Å². The van der Waals surface area contributed by atoms with E-state index in [1.165, 1.54) is 12.8 Å². The van der Waals surface area contributed by atoms with Crippen LogP contribution in [0.2, 0.25) is 0 Å². The van der Waals surface area contributed by atoms with Gasteiger partial charge < -0.3 is 4.42 Å². The van der Waals surface area contributed by atoms with Crippen LogP contribution in [0.25, 0.3) is 0 Å². The molecule has 0 aromatic carbocycles. The van der Waals surface area contributed by atoms with Gasteiger partial charge in [0.2, 0.25) is 0 Å². The van der Waals surface area contributed by atoms with Crippen LogP contribution in [0.1, 0.15) is 49.5 Å². The molecule has 1 heterocycles. The van der Waals surface area contributed by atoms with Crippen LogP contribution in [0.5, 0.6) is 0 Å². The maximum absolute atomic E-state index is 5.55. The summed E-state index contributed by atoms with van der Waals surface area (Å²) < 4.78 is 5.44. The lowest BCUT2D eigenvalue weighted by Gasteiger charge is -2.14. The highest BCUT2D eigenvalue weighted by Gasteiger charge is 2.14. The predicted molar refractivity (Wildman–Crippen MR) is 66.8 cm³/mol. The van der Waals surface area contributed by atoms with Gasteiger partial charge in [-0.2, -0.15) is 0 Å². The number of hydrogen-bond donors (Lipinski definition) is 2. The fraction of sp³-hybridized carbons (Fsp3) is 0.538. The smallest absolute Gasteiger partial charge is 0.124 e. The van der Waals surface area contributed by atoms with Crippen LogP contribution in [-0.4, -0.2) is 0 Å². The highest BCUT2D eigenvalue weighted by Crippen LogP contribution is 2.23. The third kappa shape index (κ3) is 3.83. The standard InChI is InChI=1S/C13H22N2O/c1-3-4-5-6-7-8-12(15-14)13-11(2)9-10-16-13/h3,9-10,12,15H,1,4-8,14H2,2H3. The van der Waals surface area contributed by atoms with E-state index >= 15 is 0 Å². The van der Waals surface area contributed by atoms with Crippen molar-refractivity contribution in [3.8, 4) is 0 Å². The van der Waals surface area contributed by atoms with Crippen molar-refractivity contribution in [2.45, 2.75) is 45.1 Å². The van der Waals surface area contributed by atoms with Crippen LogP contribution >= 0.6 is 0 Å². The quantitative estimate of drug-likeness (QED) is 0.307.